The number of rotatable bonds is 3. The van der Waals surface area contributed by atoms with Gasteiger partial charge in [-0.1, -0.05) is 12.1 Å². The zero-order chi connectivity index (χ0) is 14.5. The fourth-order valence-corrected chi connectivity index (χ4v) is 1.53. The Kier molecular flexibility index (Phi) is 3.67. The number of hydrogen-bond donors (Lipinski definition) is 2. The predicted octanol–water partition coefficient (Wildman–Crippen LogP) is 1.30. The van der Waals surface area contributed by atoms with Crippen LogP contribution < -0.4 is 5.32 Å². The van der Waals surface area contributed by atoms with Crippen LogP contribution in [0.2, 0.25) is 0 Å². The SMILES string of the molecule is N#Cc1ccccc1NC(=O)c1nccnc1C(=O)O. The lowest BCUT2D eigenvalue weighted by Gasteiger charge is -2.07. The number of nitrogens with one attached hydrogen (secondary N) is 1. The Bertz CT molecular complexity index is 722. The van der Waals surface area contributed by atoms with E-state index in [1.165, 1.54) is 24.5 Å². The van der Waals surface area contributed by atoms with Gasteiger partial charge in [-0.05, 0) is 12.1 Å². The van der Waals surface area contributed by atoms with Crippen molar-refractivity contribution in [3.8, 4) is 6.07 Å². The average Bonchev–Trinajstić information content (AvgIpc) is 2.47. The Balaban J connectivity index is 2.34. The van der Waals surface area contributed by atoms with Crippen molar-refractivity contribution in [3.63, 3.8) is 0 Å². The normalized spacial score (nSPS) is 9.55. The Morgan fingerprint density at radius 2 is 1.80 bits per heavy atom. The van der Waals surface area contributed by atoms with Crippen LogP contribution in [0.5, 0.6) is 0 Å². The van der Waals surface area contributed by atoms with Crippen LogP contribution in [0.4, 0.5) is 5.69 Å². The minimum Gasteiger partial charge on any atom is -0.476 e. The zero-order valence-corrected chi connectivity index (χ0v) is 10.1. The van der Waals surface area contributed by atoms with Gasteiger partial charge < -0.3 is 10.4 Å². The molecule has 1 aromatic carbocycles. The molecule has 2 rings (SSSR count). The van der Waals surface area contributed by atoms with Gasteiger partial charge in [-0.2, -0.15) is 5.26 Å². The van der Waals surface area contributed by atoms with Crippen molar-refractivity contribution in [2.24, 2.45) is 0 Å². The summed E-state index contributed by atoms with van der Waals surface area (Å²) in [6.07, 6.45) is 2.40. The maximum Gasteiger partial charge on any atom is 0.356 e. The van der Waals surface area contributed by atoms with Crippen LogP contribution in [0.15, 0.2) is 36.7 Å². The van der Waals surface area contributed by atoms with Crippen LogP contribution in [0.25, 0.3) is 0 Å². The van der Waals surface area contributed by atoms with E-state index in [1.54, 1.807) is 12.1 Å². The summed E-state index contributed by atoms with van der Waals surface area (Å²) in [5.41, 5.74) is -0.212. The highest BCUT2D eigenvalue weighted by Crippen LogP contribution is 2.15. The fraction of sp³-hybridized carbons (Fsp3) is 0. The number of nitriles is 1. The van der Waals surface area contributed by atoms with Gasteiger partial charge in [-0.15, -0.1) is 0 Å². The highest BCUT2D eigenvalue weighted by Gasteiger charge is 2.20. The summed E-state index contributed by atoms with van der Waals surface area (Å²) >= 11 is 0. The average molecular weight is 268 g/mol. The molecule has 2 aromatic rings. The van der Waals surface area contributed by atoms with Crippen LogP contribution in [-0.2, 0) is 0 Å². The number of carboxylic acids is 1. The van der Waals surface area contributed by atoms with E-state index < -0.39 is 17.6 Å². The number of anilines is 1. The molecule has 7 nitrogen and oxygen atoms in total. The van der Waals surface area contributed by atoms with Crippen molar-refractivity contribution in [2.75, 3.05) is 5.32 Å². The molecule has 0 radical (unpaired) electrons. The van der Waals surface area contributed by atoms with E-state index in [0.29, 0.717) is 0 Å². The molecule has 2 N–H and O–H groups in total. The van der Waals surface area contributed by atoms with Gasteiger partial charge in [0.25, 0.3) is 5.91 Å². The summed E-state index contributed by atoms with van der Waals surface area (Å²) in [5, 5.41) is 20.3. The van der Waals surface area contributed by atoms with Gasteiger partial charge >= 0.3 is 5.97 Å². The minimum absolute atomic E-state index is 0.265. The van der Waals surface area contributed by atoms with Crippen molar-refractivity contribution >= 4 is 17.6 Å². The third-order valence-electron chi connectivity index (χ3n) is 2.41. The number of amides is 1. The third kappa shape index (κ3) is 2.59. The summed E-state index contributed by atoms with van der Waals surface area (Å²) in [7, 11) is 0. The van der Waals surface area contributed by atoms with Crippen molar-refractivity contribution in [1.82, 2.24) is 9.97 Å². The van der Waals surface area contributed by atoms with Gasteiger partial charge in [0.05, 0.1) is 11.3 Å². The second-order valence-electron chi connectivity index (χ2n) is 3.67. The number of carbonyl (C=O) groups is 2. The van der Waals surface area contributed by atoms with Crippen LogP contribution in [0.3, 0.4) is 0 Å². The van der Waals surface area contributed by atoms with Gasteiger partial charge in [-0.25, -0.2) is 14.8 Å². The smallest absolute Gasteiger partial charge is 0.356 e. The number of hydrogen-bond acceptors (Lipinski definition) is 5. The van der Waals surface area contributed by atoms with Gasteiger partial charge in [-0.3, -0.25) is 4.79 Å². The number of aromatic carboxylic acids is 1. The van der Waals surface area contributed by atoms with E-state index in [4.69, 9.17) is 10.4 Å². The summed E-state index contributed by atoms with van der Waals surface area (Å²) in [4.78, 5) is 30.3. The molecule has 98 valence electrons. The van der Waals surface area contributed by atoms with Crippen molar-refractivity contribution < 1.29 is 14.7 Å². The van der Waals surface area contributed by atoms with Crippen LogP contribution in [0, 0.1) is 11.3 Å². The summed E-state index contributed by atoms with van der Waals surface area (Å²) < 4.78 is 0. The lowest BCUT2D eigenvalue weighted by atomic mass is 10.2. The molecule has 1 aromatic heterocycles. The molecule has 0 unspecified atom stereocenters. The highest BCUT2D eigenvalue weighted by atomic mass is 16.4. The van der Waals surface area contributed by atoms with Crippen molar-refractivity contribution in [1.29, 1.82) is 5.26 Å². The van der Waals surface area contributed by atoms with Crippen molar-refractivity contribution in [2.45, 2.75) is 0 Å². The predicted molar refractivity (Wildman–Crippen MR) is 68.1 cm³/mol. The molecule has 1 heterocycles. The van der Waals surface area contributed by atoms with E-state index in [9.17, 15) is 9.59 Å². The van der Waals surface area contributed by atoms with Gasteiger partial charge in [0, 0.05) is 12.4 Å². The molecular weight excluding hydrogens is 260 g/mol. The van der Waals surface area contributed by atoms with Crippen LogP contribution in [0.1, 0.15) is 26.5 Å². The maximum atomic E-state index is 12.0. The first kappa shape index (κ1) is 13.2. The molecule has 7 heteroatoms. The Morgan fingerprint density at radius 3 is 2.45 bits per heavy atom. The Labute approximate surface area is 113 Å². The molecule has 0 bridgehead atoms. The van der Waals surface area contributed by atoms with E-state index in [1.807, 2.05) is 6.07 Å². The first-order valence-corrected chi connectivity index (χ1v) is 5.48. The molecular formula is C13H8N4O3. The molecule has 0 saturated carbocycles. The van der Waals surface area contributed by atoms with E-state index in [-0.39, 0.29) is 16.9 Å². The molecule has 0 aliphatic carbocycles. The lowest BCUT2D eigenvalue weighted by molar-refractivity contribution is 0.0685. The molecule has 0 aliphatic heterocycles. The van der Waals surface area contributed by atoms with Gasteiger partial charge in [0.15, 0.2) is 11.4 Å². The van der Waals surface area contributed by atoms with E-state index >= 15 is 0 Å². The molecule has 0 spiro atoms. The van der Waals surface area contributed by atoms with Gasteiger partial charge in [0.2, 0.25) is 0 Å². The summed E-state index contributed by atoms with van der Waals surface area (Å²) in [5.74, 6) is -2.09. The van der Waals surface area contributed by atoms with Gasteiger partial charge in [0.1, 0.15) is 6.07 Å². The number of para-hydroxylation sites is 1. The lowest BCUT2D eigenvalue weighted by Crippen LogP contribution is -2.19. The standard InChI is InChI=1S/C13H8N4O3/c14-7-8-3-1-2-4-9(8)17-12(18)10-11(13(19)20)16-6-5-15-10/h1-6H,(H,17,18)(H,19,20). The minimum atomic E-state index is -1.35. The summed E-state index contributed by atoms with van der Waals surface area (Å²) in [6, 6.07) is 8.29. The maximum absolute atomic E-state index is 12.0. The molecule has 1 amide bonds. The topological polar surface area (TPSA) is 116 Å². The number of carboxylic acid groups (broad SMARTS) is 1. The monoisotopic (exact) mass is 268 g/mol. The van der Waals surface area contributed by atoms with E-state index in [0.717, 1.165) is 0 Å². The second-order valence-corrected chi connectivity index (χ2v) is 3.67. The zero-order valence-electron chi connectivity index (χ0n) is 10.1. The second kappa shape index (κ2) is 5.58. The Morgan fingerprint density at radius 1 is 1.15 bits per heavy atom. The first-order valence-electron chi connectivity index (χ1n) is 5.48. The molecule has 0 fully saturated rings. The first-order chi connectivity index (χ1) is 9.63. The number of benzene rings is 1. The molecule has 20 heavy (non-hydrogen) atoms. The van der Waals surface area contributed by atoms with Crippen molar-refractivity contribution in [3.05, 3.63) is 53.6 Å². The highest BCUT2D eigenvalue weighted by molar-refractivity contribution is 6.08. The molecule has 0 saturated heterocycles. The van der Waals surface area contributed by atoms with Crippen LogP contribution >= 0.6 is 0 Å². The Hall–Kier alpha value is -3.27. The molecule has 0 aliphatic rings. The third-order valence-corrected chi connectivity index (χ3v) is 2.41. The number of nitrogens with zero attached hydrogens (tertiary/aromatic N) is 3. The fourth-order valence-electron chi connectivity index (χ4n) is 1.53. The molecule has 0 atom stereocenters. The summed E-state index contributed by atoms with van der Waals surface area (Å²) in [6.45, 7) is 0. The largest absolute Gasteiger partial charge is 0.476 e. The number of carbonyl (C=O) groups excluding carboxylic acids is 1. The van der Waals surface area contributed by atoms with Crippen LogP contribution in [-0.4, -0.2) is 27.0 Å². The number of aromatic nitrogens is 2. The quantitative estimate of drug-likeness (QED) is 0.866. The van der Waals surface area contributed by atoms with E-state index in [2.05, 4.69) is 15.3 Å².